The SMILES string of the molecule is CCCOc1ccccc1C(=O)Nc1ccc(Oc2ccc(Cl)cc2)c(Cl)c1. The van der Waals surface area contributed by atoms with Crippen LogP contribution < -0.4 is 14.8 Å². The zero-order valence-electron chi connectivity index (χ0n) is 15.2. The van der Waals surface area contributed by atoms with Gasteiger partial charge in [-0.1, -0.05) is 42.3 Å². The predicted octanol–water partition coefficient (Wildman–Crippen LogP) is 6.83. The first-order chi connectivity index (χ1) is 13.6. The lowest BCUT2D eigenvalue weighted by Crippen LogP contribution is -2.13. The van der Waals surface area contributed by atoms with E-state index in [1.54, 1.807) is 60.7 Å². The van der Waals surface area contributed by atoms with Crippen molar-refractivity contribution in [1.29, 1.82) is 0 Å². The lowest BCUT2D eigenvalue weighted by atomic mass is 10.2. The number of anilines is 1. The zero-order chi connectivity index (χ0) is 19.9. The van der Waals surface area contributed by atoms with E-state index < -0.39 is 0 Å². The summed E-state index contributed by atoms with van der Waals surface area (Å²) in [5.41, 5.74) is 1.03. The van der Waals surface area contributed by atoms with Gasteiger partial charge in [0.1, 0.15) is 17.2 Å². The first kappa shape index (κ1) is 20.1. The van der Waals surface area contributed by atoms with E-state index in [1.807, 2.05) is 13.0 Å². The number of halogens is 2. The van der Waals surface area contributed by atoms with Gasteiger partial charge in [0.05, 0.1) is 17.2 Å². The molecule has 144 valence electrons. The fourth-order valence-electron chi connectivity index (χ4n) is 2.48. The van der Waals surface area contributed by atoms with Crippen LogP contribution in [0, 0.1) is 0 Å². The number of carbonyl (C=O) groups is 1. The van der Waals surface area contributed by atoms with Crippen LogP contribution in [0.3, 0.4) is 0 Å². The summed E-state index contributed by atoms with van der Waals surface area (Å²) >= 11 is 12.2. The average molecular weight is 416 g/mol. The average Bonchev–Trinajstić information content (AvgIpc) is 2.70. The summed E-state index contributed by atoms with van der Waals surface area (Å²) in [7, 11) is 0. The molecule has 3 aromatic rings. The zero-order valence-corrected chi connectivity index (χ0v) is 16.8. The maximum Gasteiger partial charge on any atom is 0.259 e. The van der Waals surface area contributed by atoms with Crippen LogP contribution in [0.1, 0.15) is 23.7 Å². The molecule has 0 bridgehead atoms. The van der Waals surface area contributed by atoms with Crippen LogP contribution in [0.25, 0.3) is 0 Å². The van der Waals surface area contributed by atoms with Crippen molar-refractivity contribution in [3.63, 3.8) is 0 Å². The summed E-state index contributed by atoms with van der Waals surface area (Å²) < 4.78 is 11.4. The molecule has 3 aromatic carbocycles. The quantitative estimate of drug-likeness (QED) is 0.459. The summed E-state index contributed by atoms with van der Waals surface area (Å²) in [6.07, 6.45) is 0.862. The Morgan fingerprint density at radius 1 is 0.964 bits per heavy atom. The van der Waals surface area contributed by atoms with Gasteiger partial charge in [0.25, 0.3) is 5.91 Å². The van der Waals surface area contributed by atoms with Crippen molar-refractivity contribution < 1.29 is 14.3 Å². The number of carbonyl (C=O) groups excluding carboxylic acids is 1. The fourth-order valence-corrected chi connectivity index (χ4v) is 2.83. The summed E-state index contributed by atoms with van der Waals surface area (Å²) in [6, 6.07) is 19.2. The van der Waals surface area contributed by atoms with Crippen LogP contribution in [0.2, 0.25) is 10.0 Å². The van der Waals surface area contributed by atoms with Gasteiger partial charge in [-0.15, -0.1) is 0 Å². The Hall–Kier alpha value is -2.69. The Balaban J connectivity index is 1.72. The Morgan fingerprint density at radius 3 is 2.43 bits per heavy atom. The summed E-state index contributed by atoms with van der Waals surface area (Å²) in [6.45, 7) is 2.56. The highest BCUT2D eigenvalue weighted by molar-refractivity contribution is 6.32. The molecular weight excluding hydrogens is 397 g/mol. The second-order valence-corrected chi connectivity index (χ2v) is 6.84. The van der Waals surface area contributed by atoms with Crippen LogP contribution in [0.4, 0.5) is 5.69 Å². The smallest absolute Gasteiger partial charge is 0.259 e. The molecule has 1 amide bonds. The van der Waals surface area contributed by atoms with Gasteiger partial charge in [0.15, 0.2) is 0 Å². The maximum atomic E-state index is 12.6. The molecule has 0 saturated carbocycles. The Labute approximate surface area is 174 Å². The van der Waals surface area contributed by atoms with Crippen LogP contribution in [-0.2, 0) is 0 Å². The number of rotatable bonds is 7. The molecule has 0 aromatic heterocycles. The van der Waals surface area contributed by atoms with E-state index in [0.29, 0.717) is 45.2 Å². The largest absolute Gasteiger partial charge is 0.493 e. The van der Waals surface area contributed by atoms with Crippen molar-refractivity contribution >= 4 is 34.8 Å². The summed E-state index contributed by atoms with van der Waals surface area (Å²) in [5, 5.41) is 3.84. The van der Waals surface area contributed by atoms with Crippen molar-refractivity contribution in [2.45, 2.75) is 13.3 Å². The summed E-state index contributed by atoms with van der Waals surface area (Å²) in [5.74, 6) is 1.38. The molecular formula is C22H19Cl2NO3. The van der Waals surface area contributed by atoms with Gasteiger partial charge < -0.3 is 14.8 Å². The minimum absolute atomic E-state index is 0.269. The van der Waals surface area contributed by atoms with E-state index >= 15 is 0 Å². The molecule has 4 nitrogen and oxygen atoms in total. The van der Waals surface area contributed by atoms with E-state index in [4.69, 9.17) is 32.7 Å². The Kier molecular flexibility index (Phi) is 6.80. The predicted molar refractivity (Wildman–Crippen MR) is 113 cm³/mol. The number of benzene rings is 3. The molecule has 1 N–H and O–H groups in total. The number of amides is 1. The first-order valence-corrected chi connectivity index (χ1v) is 9.58. The molecule has 0 spiro atoms. The molecule has 0 radical (unpaired) electrons. The second-order valence-electron chi connectivity index (χ2n) is 6.00. The molecule has 6 heteroatoms. The molecule has 0 saturated heterocycles. The van der Waals surface area contributed by atoms with E-state index in [-0.39, 0.29) is 5.91 Å². The maximum absolute atomic E-state index is 12.6. The number of hydrogen-bond donors (Lipinski definition) is 1. The Morgan fingerprint density at radius 2 is 1.71 bits per heavy atom. The van der Waals surface area contributed by atoms with Gasteiger partial charge in [-0.05, 0) is 61.0 Å². The van der Waals surface area contributed by atoms with Crippen LogP contribution >= 0.6 is 23.2 Å². The van der Waals surface area contributed by atoms with Gasteiger partial charge in [-0.25, -0.2) is 0 Å². The highest BCUT2D eigenvalue weighted by Crippen LogP contribution is 2.32. The number of hydrogen-bond acceptors (Lipinski definition) is 3. The van der Waals surface area contributed by atoms with Gasteiger partial charge in [-0.3, -0.25) is 4.79 Å². The second kappa shape index (κ2) is 9.49. The van der Waals surface area contributed by atoms with Crippen LogP contribution in [-0.4, -0.2) is 12.5 Å². The first-order valence-electron chi connectivity index (χ1n) is 8.83. The molecule has 0 aliphatic carbocycles. The highest BCUT2D eigenvalue weighted by Gasteiger charge is 2.13. The molecule has 0 aliphatic heterocycles. The molecule has 0 unspecified atom stereocenters. The highest BCUT2D eigenvalue weighted by atomic mass is 35.5. The topological polar surface area (TPSA) is 47.6 Å². The van der Waals surface area contributed by atoms with Crippen molar-refractivity contribution in [1.82, 2.24) is 0 Å². The van der Waals surface area contributed by atoms with E-state index in [2.05, 4.69) is 5.32 Å². The summed E-state index contributed by atoms with van der Waals surface area (Å²) in [4.78, 5) is 12.6. The lowest BCUT2D eigenvalue weighted by molar-refractivity contribution is 0.102. The third-order valence-electron chi connectivity index (χ3n) is 3.82. The van der Waals surface area contributed by atoms with E-state index in [9.17, 15) is 4.79 Å². The van der Waals surface area contributed by atoms with Gasteiger partial charge in [0.2, 0.25) is 0 Å². The minimum atomic E-state index is -0.269. The normalized spacial score (nSPS) is 10.4. The van der Waals surface area contributed by atoms with E-state index in [1.165, 1.54) is 0 Å². The van der Waals surface area contributed by atoms with E-state index in [0.717, 1.165) is 6.42 Å². The molecule has 28 heavy (non-hydrogen) atoms. The molecule has 0 aliphatic rings. The van der Waals surface area contributed by atoms with Crippen molar-refractivity contribution in [3.05, 3.63) is 82.3 Å². The number of ether oxygens (including phenoxy) is 2. The molecule has 0 heterocycles. The number of para-hydroxylation sites is 1. The van der Waals surface area contributed by atoms with Crippen LogP contribution in [0.5, 0.6) is 17.2 Å². The number of nitrogens with one attached hydrogen (secondary N) is 1. The molecule has 0 atom stereocenters. The standard InChI is InChI=1S/C22H19Cl2NO3/c1-2-13-27-20-6-4-3-5-18(20)22(26)25-16-9-12-21(19(24)14-16)28-17-10-7-15(23)8-11-17/h3-12,14H,2,13H2,1H3,(H,25,26). The lowest BCUT2D eigenvalue weighted by Gasteiger charge is -2.12. The fraction of sp³-hybridized carbons (Fsp3) is 0.136. The van der Waals surface area contributed by atoms with Crippen molar-refractivity contribution in [2.24, 2.45) is 0 Å². The third kappa shape index (κ3) is 5.18. The van der Waals surface area contributed by atoms with Gasteiger partial charge in [-0.2, -0.15) is 0 Å². The molecule has 3 rings (SSSR count). The molecule has 0 fully saturated rings. The third-order valence-corrected chi connectivity index (χ3v) is 4.37. The minimum Gasteiger partial charge on any atom is -0.493 e. The van der Waals surface area contributed by atoms with Gasteiger partial charge in [0, 0.05) is 10.7 Å². The van der Waals surface area contributed by atoms with Gasteiger partial charge >= 0.3 is 0 Å². The van der Waals surface area contributed by atoms with Crippen molar-refractivity contribution in [3.8, 4) is 17.2 Å². The van der Waals surface area contributed by atoms with Crippen molar-refractivity contribution in [2.75, 3.05) is 11.9 Å². The monoisotopic (exact) mass is 415 g/mol. The Bertz CT molecular complexity index is 958. The van der Waals surface area contributed by atoms with Crippen LogP contribution in [0.15, 0.2) is 66.7 Å².